The molecule has 4 nitrogen and oxygen atoms in total. The van der Waals surface area contributed by atoms with Crippen molar-refractivity contribution in [2.75, 3.05) is 26.2 Å². The van der Waals surface area contributed by atoms with E-state index in [-0.39, 0.29) is 41.4 Å². The smallest absolute Gasteiger partial charge is 0.191 e. The molecule has 0 heterocycles. The number of aliphatic hydroxyl groups excluding tert-OH is 1. The van der Waals surface area contributed by atoms with Crippen LogP contribution in [0.4, 0.5) is 0 Å². The van der Waals surface area contributed by atoms with Crippen LogP contribution in [0.3, 0.4) is 0 Å². The first-order valence-electron chi connectivity index (χ1n) is 9.82. The summed E-state index contributed by atoms with van der Waals surface area (Å²) in [5, 5.41) is 16.3. The minimum Gasteiger partial charge on any atom is -0.396 e. The van der Waals surface area contributed by atoms with Crippen LogP contribution >= 0.6 is 24.0 Å². The predicted octanol–water partition coefficient (Wildman–Crippen LogP) is 4.08. The first-order chi connectivity index (χ1) is 12.1. The summed E-state index contributed by atoms with van der Waals surface area (Å²) >= 11 is 0. The van der Waals surface area contributed by atoms with Gasteiger partial charge in [0.2, 0.25) is 0 Å². The van der Waals surface area contributed by atoms with E-state index in [4.69, 9.17) is 4.99 Å². The molecule has 0 unspecified atom stereocenters. The molecule has 0 radical (unpaired) electrons. The largest absolute Gasteiger partial charge is 0.396 e. The molecule has 3 N–H and O–H groups in total. The third-order valence-electron chi connectivity index (χ3n) is 5.89. The molecule has 1 fully saturated rings. The van der Waals surface area contributed by atoms with Crippen LogP contribution in [0, 0.1) is 5.41 Å². The molecule has 5 heteroatoms. The van der Waals surface area contributed by atoms with Gasteiger partial charge in [-0.15, -0.1) is 24.0 Å². The number of hydrogen-bond acceptors (Lipinski definition) is 2. The number of benzene rings is 1. The molecule has 148 valence electrons. The standard InChI is InChI=1S/C21H35N3O.HI/c1-4-20(5-2,14-15-25)16-23-19(22-6-3)24-17-21(12-13-21)18-10-8-7-9-11-18;/h7-11,25H,4-6,12-17H2,1-3H3,(H2,22,23,24);1H. The average molecular weight is 473 g/mol. The number of aliphatic imine (C=N–C) groups is 1. The van der Waals surface area contributed by atoms with Gasteiger partial charge >= 0.3 is 0 Å². The summed E-state index contributed by atoms with van der Waals surface area (Å²) in [5.41, 5.74) is 1.80. The van der Waals surface area contributed by atoms with Gasteiger partial charge in [-0.3, -0.25) is 4.99 Å². The van der Waals surface area contributed by atoms with Gasteiger partial charge in [0, 0.05) is 31.7 Å². The summed E-state index contributed by atoms with van der Waals surface area (Å²) < 4.78 is 0. The molecule has 2 rings (SSSR count). The fourth-order valence-electron chi connectivity index (χ4n) is 3.49. The molecular formula is C21H36IN3O. The second kappa shape index (κ2) is 11.1. The van der Waals surface area contributed by atoms with E-state index in [1.54, 1.807) is 0 Å². The number of halogens is 1. The Hall–Kier alpha value is -0.820. The second-order valence-corrected chi connectivity index (χ2v) is 7.38. The van der Waals surface area contributed by atoms with Crippen LogP contribution in [0.5, 0.6) is 0 Å². The van der Waals surface area contributed by atoms with Gasteiger partial charge in [-0.1, -0.05) is 44.2 Å². The SMILES string of the molecule is CCNC(=NCC(CC)(CC)CCO)NCC1(c2ccccc2)CC1.I. The molecule has 0 bridgehead atoms. The van der Waals surface area contributed by atoms with E-state index in [2.05, 4.69) is 61.7 Å². The van der Waals surface area contributed by atoms with E-state index >= 15 is 0 Å². The molecular weight excluding hydrogens is 437 g/mol. The molecule has 1 aliphatic rings. The molecule has 1 aromatic rings. The Labute approximate surface area is 176 Å². The summed E-state index contributed by atoms with van der Waals surface area (Å²) in [6.07, 6.45) is 5.38. The highest BCUT2D eigenvalue weighted by atomic mass is 127. The molecule has 0 aliphatic heterocycles. The zero-order chi connectivity index (χ0) is 18.2. The van der Waals surface area contributed by atoms with Gasteiger partial charge in [0.15, 0.2) is 5.96 Å². The van der Waals surface area contributed by atoms with Gasteiger partial charge in [0.05, 0.1) is 0 Å². The lowest BCUT2D eigenvalue weighted by atomic mass is 9.79. The number of hydrogen-bond donors (Lipinski definition) is 3. The van der Waals surface area contributed by atoms with Crippen LogP contribution in [-0.4, -0.2) is 37.3 Å². The molecule has 1 saturated carbocycles. The first-order valence-corrected chi connectivity index (χ1v) is 9.82. The fourth-order valence-corrected chi connectivity index (χ4v) is 3.49. The summed E-state index contributed by atoms with van der Waals surface area (Å²) in [6, 6.07) is 10.8. The van der Waals surface area contributed by atoms with Crippen LogP contribution in [0.15, 0.2) is 35.3 Å². The Morgan fingerprint density at radius 3 is 2.27 bits per heavy atom. The molecule has 0 saturated heterocycles. The van der Waals surface area contributed by atoms with E-state index < -0.39 is 0 Å². The molecule has 1 aliphatic carbocycles. The lowest BCUT2D eigenvalue weighted by Gasteiger charge is -2.29. The fraction of sp³-hybridized carbons (Fsp3) is 0.667. The van der Waals surface area contributed by atoms with Gasteiger partial charge in [0.1, 0.15) is 0 Å². The highest BCUT2D eigenvalue weighted by Crippen LogP contribution is 2.47. The molecule has 26 heavy (non-hydrogen) atoms. The van der Waals surface area contributed by atoms with E-state index in [1.807, 2.05) is 0 Å². The van der Waals surface area contributed by atoms with E-state index in [9.17, 15) is 5.11 Å². The molecule has 0 atom stereocenters. The number of aliphatic hydroxyl groups is 1. The minimum atomic E-state index is 0. The van der Waals surface area contributed by atoms with Crippen molar-refractivity contribution in [3.8, 4) is 0 Å². The van der Waals surface area contributed by atoms with Crippen molar-refractivity contribution in [1.29, 1.82) is 0 Å². The number of nitrogens with one attached hydrogen (secondary N) is 2. The third kappa shape index (κ3) is 6.12. The molecule has 0 aromatic heterocycles. The zero-order valence-corrected chi connectivity index (χ0v) is 18.9. The van der Waals surface area contributed by atoms with Crippen molar-refractivity contribution < 1.29 is 5.11 Å². The van der Waals surface area contributed by atoms with Gasteiger partial charge in [-0.05, 0) is 50.0 Å². The maximum Gasteiger partial charge on any atom is 0.191 e. The van der Waals surface area contributed by atoms with Crippen molar-refractivity contribution in [3.63, 3.8) is 0 Å². The van der Waals surface area contributed by atoms with Crippen LogP contribution in [0.2, 0.25) is 0 Å². The van der Waals surface area contributed by atoms with Gasteiger partial charge in [0.25, 0.3) is 0 Å². The quantitative estimate of drug-likeness (QED) is 0.273. The molecule has 1 aromatic carbocycles. The van der Waals surface area contributed by atoms with Crippen LogP contribution in [0.25, 0.3) is 0 Å². The molecule has 0 spiro atoms. The van der Waals surface area contributed by atoms with Crippen LogP contribution in [0.1, 0.15) is 58.4 Å². The van der Waals surface area contributed by atoms with Crippen LogP contribution < -0.4 is 10.6 Å². The number of rotatable bonds is 10. The van der Waals surface area contributed by atoms with E-state index in [0.717, 1.165) is 44.9 Å². The maximum atomic E-state index is 9.40. The first kappa shape index (κ1) is 23.2. The van der Waals surface area contributed by atoms with E-state index in [1.165, 1.54) is 18.4 Å². The van der Waals surface area contributed by atoms with Gasteiger partial charge in [-0.25, -0.2) is 0 Å². The van der Waals surface area contributed by atoms with Gasteiger partial charge in [-0.2, -0.15) is 0 Å². The summed E-state index contributed by atoms with van der Waals surface area (Å²) in [7, 11) is 0. The average Bonchev–Trinajstić information content (AvgIpc) is 3.45. The summed E-state index contributed by atoms with van der Waals surface area (Å²) in [6.45, 7) is 9.27. The topological polar surface area (TPSA) is 56.7 Å². The highest BCUT2D eigenvalue weighted by Gasteiger charge is 2.44. The Morgan fingerprint density at radius 2 is 1.77 bits per heavy atom. The van der Waals surface area contributed by atoms with E-state index in [0.29, 0.717) is 0 Å². The Bertz CT molecular complexity index is 539. The predicted molar refractivity (Wildman–Crippen MR) is 121 cm³/mol. The Morgan fingerprint density at radius 1 is 1.12 bits per heavy atom. The van der Waals surface area contributed by atoms with Crippen molar-refractivity contribution >= 4 is 29.9 Å². The highest BCUT2D eigenvalue weighted by molar-refractivity contribution is 14.0. The zero-order valence-electron chi connectivity index (χ0n) is 16.6. The second-order valence-electron chi connectivity index (χ2n) is 7.38. The minimum absolute atomic E-state index is 0. The van der Waals surface area contributed by atoms with Crippen molar-refractivity contribution in [2.45, 2.75) is 58.3 Å². The Balaban J connectivity index is 0.00000338. The number of nitrogens with zero attached hydrogens (tertiary/aromatic N) is 1. The lowest BCUT2D eigenvalue weighted by Crippen LogP contribution is -2.42. The van der Waals surface area contributed by atoms with Gasteiger partial charge < -0.3 is 15.7 Å². The summed E-state index contributed by atoms with van der Waals surface area (Å²) in [4.78, 5) is 4.85. The van der Waals surface area contributed by atoms with Crippen molar-refractivity contribution in [2.24, 2.45) is 10.4 Å². The third-order valence-corrected chi connectivity index (χ3v) is 5.89. The summed E-state index contributed by atoms with van der Waals surface area (Å²) in [5.74, 6) is 0.897. The lowest BCUT2D eigenvalue weighted by molar-refractivity contribution is 0.175. The van der Waals surface area contributed by atoms with Crippen molar-refractivity contribution in [1.82, 2.24) is 10.6 Å². The maximum absolute atomic E-state index is 9.40. The van der Waals surface area contributed by atoms with Crippen LogP contribution in [-0.2, 0) is 5.41 Å². The number of guanidine groups is 1. The Kier molecular flexibility index (Phi) is 9.93. The monoisotopic (exact) mass is 473 g/mol. The molecule has 0 amide bonds. The van der Waals surface area contributed by atoms with Crippen molar-refractivity contribution in [3.05, 3.63) is 35.9 Å². The normalized spacial score (nSPS) is 15.9.